The number of hydrogen-bond acceptors (Lipinski definition) is 3. The van der Waals surface area contributed by atoms with Gasteiger partial charge < -0.3 is 4.90 Å². The van der Waals surface area contributed by atoms with E-state index in [1.165, 1.54) is 29.8 Å². The first kappa shape index (κ1) is 23.6. The monoisotopic (exact) mass is 475 g/mol. The molecule has 0 aromatic heterocycles. The fraction of sp³-hybridized carbons (Fsp3) is 0.345. The molecule has 3 aromatic carbocycles. The number of rotatable bonds is 5. The Morgan fingerprint density at radius 2 is 1.34 bits per heavy atom. The van der Waals surface area contributed by atoms with Gasteiger partial charge in [0.1, 0.15) is 11.6 Å². The lowest BCUT2D eigenvalue weighted by atomic mass is 9.95. The van der Waals surface area contributed by atoms with Crippen molar-refractivity contribution in [1.29, 1.82) is 0 Å². The SMILES string of the molecule is CN1C[C@H](c2ccccc2)C[C@H]1C(=O)N1CCN(C(c2ccc(F)cc2)c2ccc(F)cc2)CC1. The Hall–Kier alpha value is -3.09. The molecule has 2 heterocycles. The van der Waals surface area contributed by atoms with Crippen molar-refractivity contribution in [2.45, 2.75) is 24.4 Å². The van der Waals surface area contributed by atoms with Crippen LogP contribution in [0, 0.1) is 11.6 Å². The molecule has 6 heteroatoms. The van der Waals surface area contributed by atoms with Crippen LogP contribution in [-0.4, -0.2) is 66.4 Å². The van der Waals surface area contributed by atoms with Crippen molar-refractivity contribution in [2.75, 3.05) is 39.8 Å². The average Bonchev–Trinajstić information content (AvgIpc) is 3.28. The molecule has 2 fully saturated rings. The van der Waals surface area contributed by atoms with Crippen molar-refractivity contribution < 1.29 is 13.6 Å². The minimum atomic E-state index is -0.281. The number of likely N-dealkylation sites (tertiary alicyclic amines) is 1. The molecule has 0 bridgehead atoms. The molecule has 182 valence electrons. The molecule has 0 unspecified atom stereocenters. The summed E-state index contributed by atoms with van der Waals surface area (Å²) in [5.74, 6) is 0.0106. The second-order valence-corrected chi connectivity index (χ2v) is 9.67. The van der Waals surface area contributed by atoms with Crippen LogP contribution in [-0.2, 0) is 4.79 Å². The molecular weight excluding hydrogens is 444 g/mol. The van der Waals surface area contributed by atoms with E-state index >= 15 is 0 Å². The number of benzene rings is 3. The molecule has 0 N–H and O–H groups in total. The van der Waals surface area contributed by atoms with Crippen LogP contribution < -0.4 is 0 Å². The molecule has 1 amide bonds. The predicted molar refractivity (Wildman–Crippen MR) is 133 cm³/mol. The molecule has 3 aromatic rings. The van der Waals surface area contributed by atoms with Crippen LogP contribution in [0.2, 0.25) is 0 Å². The summed E-state index contributed by atoms with van der Waals surface area (Å²) in [5, 5.41) is 0. The molecule has 2 atom stereocenters. The number of nitrogens with zero attached hydrogens (tertiary/aromatic N) is 3. The van der Waals surface area contributed by atoms with E-state index in [4.69, 9.17) is 0 Å². The first-order valence-corrected chi connectivity index (χ1v) is 12.3. The highest BCUT2D eigenvalue weighted by Gasteiger charge is 2.38. The highest BCUT2D eigenvalue weighted by Crippen LogP contribution is 2.33. The smallest absolute Gasteiger partial charge is 0.240 e. The van der Waals surface area contributed by atoms with E-state index in [9.17, 15) is 13.6 Å². The number of amides is 1. The van der Waals surface area contributed by atoms with E-state index in [-0.39, 0.29) is 29.6 Å². The molecule has 0 aliphatic carbocycles. The van der Waals surface area contributed by atoms with Crippen molar-refractivity contribution in [3.05, 3.63) is 107 Å². The summed E-state index contributed by atoms with van der Waals surface area (Å²) in [7, 11) is 2.04. The third-order valence-corrected chi connectivity index (χ3v) is 7.47. The number of carbonyl (C=O) groups is 1. The van der Waals surface area contributed by atoms with Gasteiger partial charge in [-0.1, -0.05) is 54.6 Å². The Balaban J connectivity index is 1.27. The quantitative estimate of drug-likeness (QED) is 0.536. The van der Waals surface area contributed by atoms with Crippen LogP contribution in [0.3, 0.4) is 0 Å². The maximum atomic E-state index is 13.6. The van der Waals surface area contributed by atoms with Crippen molar-refractivity contribution in [2.24, 2.45) is 0 Å². The van der Waals surface area contributed by atoms with Crippen molar-refractivity contribution >= 4 is 5.91 Å². The molecule has 2 saturated heterocycles. The summed E-state index contributed by atoms with van der Waals surface area (Å²) in [6, 6.07) is 23.2. The number of piperazine rings is 1. The van der Waals surface area contributed by atoms with E-state index < -0.39 is 0 Å². The van der Waals surface area contributed by atoms with E-state index in [1.54, 1.807) is 24.3 Å². The maximum Gasteiger partial charge on any atom is 0.240 e. The predicted octanol–water partition coefficient (Wildman–Crippen LogP) is 4.69. The number of halogens is 2. The normalized spacial score (nSPS) is 21.5. The fourth-order valence-electron chi connectivity index (χ4n) is 5.57. The van der Waals surface area contributed by atoms with Gasteiger partial charge in [-0.05, 0) is 60.3 Å². The summed E-state index contributed by atoms with van der Waals surface area (Å²) in [5.41, 5.74) is 3.21. The van der Waals surface area contributed by atoms with Gasteiger partial charge >= 0.3 is 0 Å². The number of carbonyl (C=O) groups excluding carboxylic acids is 1. The van der Waals surface area contributed by atoms with Crippen LogP contribution in [0.1, 0.15) is 35.1 Å². The zero-order valence-electron chi connectivity index (χ0n) is 20.0. The van der Waals surface area contributed by atoms with Crippen LogP contribution in [0.15, 0.2) is 78.9 Å². The summed E-state index contributed by atoms with van der Waals surface area (Å²) in [4.78, 5) is 19.9. The van der Waals surface area contributed by atoms with Gasteiger partial charge in [-0.2, -0.15) is 0 Å². The molecule has 0 radical (unpaired) electrons. The standard InChI is InChI=1S/C29H31F2N3O/c1-32-20-24(21-5-3-2-4-6-21)19-27(32)29(35)34-17-15-33(16-18-34)28(22-7-11-25(30)12-8-22)23-9-13-26(31)14-10-23/h2-14,24,27-28H,15-20H2,1H3/t24-,27+/m1/s1. The summed E-state index contributed by atoms with van der Waals surface area (Å²) >= 11 is 0. The zero-order chi connectivity index (χ0) is 24.4. The summed E-state index contributed by atoms with van der Waals surface area (Å²) < 4.78 is 27.2. The average molecular weight is 476 g/mol. The molecule has 0 spiro atoms. The van der Waals surface area contributed by atoms with Crippen LogP contribution in [0.5, 0.6) is 0 Å². The highest BCUT2D eigenvalue weighted by atomic mass is 19.1. The molecule has 0 saturated carbocycles. The van der Waals surface area contributed by atoms with Gasteiger partial charge in [0.15, 0.2) is 0 Å². The molecular formula is C29H31F2N3O. The van der Waals surface area contributed by atoms with E-state index in [2.05, 4.69) is 34.1 Å². The van der Waals surface area contributed by atoms with E-state index in [0.29, 0.717) is 32.1 Å². The molecule has 2 aliphatic rings. The number of hydrogen-bond donors (Lipinski definition) is 0. The van der Waals surface area contributed by atoms with Gasteiger partial charge in [0.2, 0.25) is 5.91 Å². The highest BCUT2D eigenvalue weighted by molar-refractivity contribution is 5.82. The van der Waals surface area contributed by atoms with Gasteiger partial charge in [-0.15, -0.1) is 0 Å². The summed E-state index contributed by atoms with van der Waals surface area (Å²) in [6.45, 7) is 3.56. The van der Waals surface area contributed by atoms with Gasteiger partial charge in [-0.3, -0.25) is 14.6 Å². The lowest BCUT2D eigenvalue weighted by Crippen LogP contribution is -2.53. The minimum Gasteiger partial charge on any atom is -0.339 e. The van der Waals surface area contributed by atoms with Crippen LogP contribution in [0.25, 0.3) is 0 Å². The second-order valence-electron chi connectivity index (χ2n) is 9.67. The van der Waals surface area contributed by atoms with E-state index in [0.717, 1.165) is 24.1 Å². The zero-order valence-corrected chi connectivity index (χ0v) is 20.0. The van der Waals surface area contributed by atoms with Crippen molar-refractivity contribution in [3.63, 3.8) is 0 Å². The molecule has 4 nitrogen and oxygen atoms in total. The van der Waals surface area contributed by atoms with Crippen LogP contribution >= 0.6 is 0 Å². The molecule has 2 aliphatic heterocycles. The Morgan fingerprint density at radius 3 is 1.89 bits per heavy atom. The lowest BCUT2D eigenvalue weighted by Gasteiger charge is -2.41. The van der Waals surface area contributed by atoms with Crippen LogP contribution in [0.4, 0.5) is 8.78 Å². The Bertz CT molecular complexity index is 1080. The second kappa shape index (κ2) is 10.3. The maximum absolute atomic E-state index is 13.6. The Labute approximate surface area is 205 Å². The Kier molecular flexibility index (Phi) is 6.93. The number of likely N-dealkylation sites (N-methyl/N-ethyl adjacent to an activating group) is 1. The lowest BCUT2D eigenvalue weighted by molar-refractivity contribution is -0.137. The van der Waals surface area contributed by atoms with Gasteiger partial charge in [0, 0.05) is 32.7 Å². The fourth-order valence-corrected chi connectivity index (χ4v) is 5.57. The topological polar surface area (TPSA) is 26.8 Å². The molecule has 5 rings (SSSR count). The molecule has 35 heavy (non-hydrogen) atoms. The largest absolute Gasteiger partial charge is 0.339 e. The summed E-state index contributed by atoms with van der Waals surface area (Å²) in [6.07, 6.45) is 0.841. The van der Waals surface area contributed by atoms with E-state index in [1.807, 2.05) is 18.0 Å². The first-order valence-electron chi connectivity index (χ1n) is 12.3. The first-order chi connectivity index (χ1) is 17.0. The van der Waals surface area contributed by atoms with Gasteiger partial charge in [0.25, 0.3) is 0 Å². The Morgan fingerprint density at radius 1 is 0.800 bits per heavy atom. The van der Waals surface area contributed by atoms with Crippen molar-refractivity contribution in [3.8, 4) is 0 Å². The third kappa shape index (κ3) is 5.14. The minimum absolute atomic E-state index is 0.100. The third-order valence-electron chi connectivity index (χ3n) is 7.47. The van der Waals surface area contributed by atoms with Gasteiger partial charge in [0.05, 0.1) is 12.1 Å². The van der Waals surface area contributed by atoms with Crippen molar-refractivity contribution in [1.82, 2.24) is 14.7 Å². The van der Waals surface area contributed by atoms with Gasteiger partial charge in [-0.25, -0.2) is 8.78 Å².